The van der Waals surface area contributed by atoms with Crippen molar-refractivity contribution in [2.45, 2.75) is 17.9 Å². The number of nitrogens with one attached hydrogen (secondary N) is 1. The molecular weight excluding hydrogens is 377 g/mol. The number of Topliss-reactive ketones (excluding diaryl/α,β-unsaturated/α-hetero) is 1. The molecule has 0 spiro atoms. The van der Waals surface area contributed by atoms with E-state index in [0.717, 1.165) is 12.1 Å². The normalized spacial score (nSPS) is 12.3. The zero-order valence-electron chi connectivity index (χ0n) is 14.6. The van der Waals surface area contributed by atoms with E-state index < -0.39 is 45.1 Å². The van der Waals surface area contributed by atoms with Gasteiger partial charge in [-0.2, -0.15) is 4.72 Å². The number of esters is 1. The van der Waals surface area contributed by atoms with Gasteiger partial charge in [-0.05, 0) is 31.2 Å². The minimum absolute atomic E-state index is 0.229. The van der Waals surface area contributed by atoms with Gasteiger partial charge in [0, 0.05) is 0 Å². The molecule has 0 fully saturated rings. The highest BCUT2D eigenvalue weighted by Gasteiger charge is 2.26. The van der Waals surface area contributed by atoms with Crippen molar-refractivity contribution < 1.29 is 31.9 Å². The molecule has 9 heteroatoms. The van der Waals surface area contributed by atoms with Crippen molar-refractivity contribution in [2.24, 2.45) is 0 Å². The average molecular weight is 395 g/mol. The fraction of sp³-hybridized carbons (Fsp3) is 0.222. The second-order valence-electron chi connectivity index (χ2n) is 5.50. The van der Waals surface area contributed by atoms with E-state index in [1.165, 1.54) is 32.2 Å². The third-order valence-corrected chi connectivity index (χ3v) is 5.14. The molecule has 7 nitrogen and oxygen atoms in total. The number of methoxy groups -OCH3 is 1. The molecule has 1 N–H and O–H groups in total. The Morgan fingerprint density at radius 2 is 1.74 bits per heavy atom. The van der Waals surface area contributed by atoms with Crippen LogP contribution in [0.1, 0.15) is 17.3 Å². The van der Waals surface area contributed by atoms with E-state index in [1.807, 2.05) is 4.72 Å². The maximum atomic E-state index is 13.7. The molecule has 2 aromatic carbocycles. The summed E-state index contributed by atoms with van der Waals surface area (Å²) < 4.78 is 49.9. The molecule has 1 atom stereocenters. The van der Waals surface area contributed by atoms with Gasteiger partial charge >= 0.3 is 5.97 Å². The summed E-state index contributed by atoms with van der Waals surface area (Å²) in [6, 6.07) is 9.84. The van der Waals surface area contributed by atoms with Crippen LogP contribution in [0.5, 0.6) is 5.75 Å². The number of rotatable bonds is 8. The number of sulfonamides is 1. The maximum absolute atomic E-state index is 13.7. The molecule has 0 heterocycles. The quantitative estimate of drug-likeness (QED) is 0.542. The molecule has 0 unspecified atom stereocenters. The molecule has 0 saturated carbocycles. The Labute approximate surface area is 156 Å². The largest absolute Gasteiger partial charge is 0.496 e. The SMILES string of the molecule is COc1ccccc1C(=O)COC(=O)[C@H](C)NS(=O)(=O)c1ccccc1F. The van der Waals surface area contributed by atoms with Crippen molar-refractivity contribution in [3.8, 4) is 5.75 Å². The van der Waals surface area contributed by atoms with E-state index in [4.69, 9.17) is 9.47 Å². The summed E-state index contributed by atoms with van der Waals surface area (Å²) in [6.07, 6.45) is 0. The third-order valence-electron chi connectivity index (χ3n) is 3.56. The van der Waals surface area contributed by atoms with Gasteiger partial charge in [-0.15, -0.1) is 0 Å². The lowest BCUT2D eigenvalue weighted by atomic mass is 10.1. The maximum Gasteiger partial charge on any atom is 0.324 e. The minimum Gasteiger partial charge on any atom is -0.496 e. The summed E-state index contributed by atoms with van der Waals surface area (Å²) in [5.74, 6) is -2.10. The van der Waals surface area contributed by atoms with Crippen LogP contribution in [0.15, 0.2) is 53.4 Å². The molecule has 0 aliphatic rings. The Bertz CT molecular complexity index is 944. The van der Waals surface area contributed by atoms with Crippen LogP contribution in [0.2, 0.25) is 0 Å². The Hall–Kier alpha value is -2.78. The summed E-state index contributed by atoms with van der Waals surface area (Å²) in [5, 5.41) is 0. The highest BCUT2D eigenvalue weighted by Crippen LogP contribution is 2.18. The number of para-hydroxylation sites is 1. The zero-order chi connectivity index (χ0) is 20.0. The van der Waals surface area contributed by atoms with Gasteiger partial charge in [-0.25, -0.2) is 12.8 Å². The number of carbonyl (C=O) groups excluding carboxylic acids is 2. The molecule has 2 aromatic rings. The van der Waals surface area contributed by atoms with Crippen LogP contribution in [0.3, 0.4) is 0 Å². The molecule has 0 radical (unpaired) electrons. The molecular formula is C18H18FNO6S. The molecule has 2 rings (SSSR count). The van der Waals surface area contributed by atoms with Crippen LogP contribution in [0, 0.1) is 5.82 Å². The van der Waals surface area contributed by atoms with Gasteiger partial charge in [0.15, 0.2) is 6.61 Å². The van der Waals surface area contributed by atoms with E-state index in [-0.39, 0.29) is 5.56 Å². The standard InChI is InChI=1S/C18H18FNO6S/c1-12(20-27(23,24)17-10-6-4-8-14(17)19)18(22)26-11-15(21)13-7-3-5-9-16(13)25-2/h3-10,12,20H,11H2,1-2H3/t12-/m0/s1. The van der Waals surface area contributed by atoms with Gasteiger partial charge in [0.2, 0.25) is 15.8 Å². The van der Waals surface area contributed by atoms with Crippen molar-refractivity contribution >= 4 is 21.8 Å². The van der Waals surface area contributed by atoms with Gasteiger partial charge in [-0.1, -0.05) is 24.3 Å². The summed E-state index contributed by atoms with van der Waals surface area (Å²) in [4.78, 5) is 23.6. The van der Waals surface area contributed by atoms with Gasteiger partial charge in [0.25, 0.3) is 0 Å². The molecule has 144 valence electrons. The molecule has 0 saturated heterocycles. The van der Waals surface area contributed by atoms with Gasteiger partial charge in [-0.3, -0.25) is 9.59 Å². The van der Waals surface area contributed by atoms with Crippen molar-refractivity contribution in [3.63, 3.8) is 0 Å². The van der Waals surface area contributed by atoms with Crippen molar-refractivity contribution in [3.05, 3.63) is 59.9 Å². The molecule has 0 aromatic heterocycles. The summed E-state index contributed by atoms with van der Waals surface area (Å²) in [7, 11) is -2.87. The lowest BCUT2D eigenvalue weighted by molar-refractivity contribution is -0.144. The number of ether oxygens (including phenoxy) is 2. The van der Waals surface area contributed by atoms with E-state index in [1.54, 1.807) is 18.2 Å². The van der Waals surface area contributed by atoms with Crippen LogP contribution in [0.4, 0.5) is 4.39 Å². The Morgan fingerprint density at radius 3 is 2.41 bits per heavy atom. The lowest BCUT2D eigenvalue weighted by Crippen LogP contribution is -2.40. The second-order valence-corrected chi connectivity index (χ2v) is 7.19. The number of halogens is 1. The van der Waals surface area contributed by atoms with E-state index >= 15 is 0 Å². The predicted octanol–water partition coefficient (Wildman–Crippen LogP) is 1.93. The Morgan fingerprint density at radius 1 is 1.11 bits per heavy atom. The number of ketones is 1. The summed E-state index contributed by atoms with van der Waals surface area (Å²) in [6.45, 7) is 0.638. The number of carbonyl (C=O) groups is 2. The predicted molar refractivity (Wildman–Crippen MR) is 94.5 cm³/mol. The van der Waals surface area contributed by atoms with Crippen LogP contribution in [-0.2, 0) is 19.6 Å². The first-order chi connectivity index (χ1) is 12.8. The van der Waals surface area contributed by atoms with Crippen LogP contribution in [-0.4, -0.2) is 39.9 Å². The highest BCUT2D eigenvalue weighted by molar-refractivity contribution is 7.89. The molecule has 0 bridgehead atoms. The summed E-state index contributed by atoms with van der Waals surface area (Å²) in [5.41, 5.74) is 0.229. The smallest absolute Gasteiger partial charge is 0.324 e. The van der Waals surface area contributed by atoms with Gasteiger partial charge in [0.1, 0.15) is 22.5 Å². The van der Waals surface area contributed by atoms with Crippen molar-refractivity contribution in [1.29, 1.82) is 0 Å². The van der Waals surface area contributed by atoms with Crippen molar-refractivity contribution in [2.75, 3.05) is 13.7 Å². The lowest BCUT2D eigenvalue weighted by Gasteiger charge is -2.14. The Balaban J connectivity index is 2.00. The minimum atomic E-state index is -4.27. The topological polar surface area (TPSA) is 98.8 Å². The highest BCUT2D eigenvalue weighted by atomic mass is 32.2. The van der Waals surface area contributed by atoms with E-state index in [9.17, 15) is 22.4 Å². The van der Waals surface area contributed by atoms with Crippen LogP contribution >= 0.6 is 0 Å². The van der Waals surface area contributed by atoms with Crippen LogP contribution < -0.4 is 9.46 Å². The first-order valence-electron chi connectivity index (χ1n) is 7.86. The monoisotopic (exact) mass is 395 g/mol. The zero-order valence-corrected chi connectivity index (χ0v) is 15.5. The fourth-order valence-electron chi connectivity index (χ4n) is 2.22. The number of hydrogen-bond donors (Lipinski definition) is 1. The van der Waals surface area contributed by atoms with E-state index in [0.29, 0.717) is 5.75 Å². The third kappa shape index (κ3) is 5.11. The first-order valence-corrected chi connectivity index (χ1v) is 9.34. The molecule has 27 heavy (non-hydrogen) atoms. The molecule has 0 amide bonds. The number of benzene rings is 2. The van der Waals surface area contributed by atoms with E-state index in [2.05, 4.69) is 0 Å². The fourth-order valence-corrected chi connectivity index (χ4v) is 3.49. The Kier molecular flexibility index (Phi) is 6.65. The number of hydrogen-bond acceptors (Lipinski definition) is 6. The first kappa shape index (κ1) is 20.5. The van der Waals surface area contributed by atoms with Gasteiger partial charge < -0.3 is 9.47 Å². The molecule has 0 aliphatic heterocycles. The summed E-state index contributed by atoms with van der Waals surface area (Å²) >= 11 is 0. The second kappa shape index (κ2) is 8.74. The van der Waals surface area contributed by atoms with Crippen LogP contribution in [0.25, 0.3) is 0 Å². The average Bonchev–Trinajstić information content (AvgIpc) is 2.65. The molecule has 0 aliphatic carbocycles. The van der Waals surface area contributed by atoms with Gasteiger partial charge in [0.05, 0.1) is 12.7 Å². The van der Waals surface area contributed by atoms with Crippen molar-refractivity contribution in [1.82, 2.24) is 4.72 Å².